The van der Waals surface area contributed by atoms with E-state index < -0.39 is 18.4 Å². The number of piperidine rings is 1. The van der Waals surface area contributed by atoms with Crippen molar-refractivity contribution in [1.82, 2.24) is 10.1 Å². The Morgan fingerprint density at radius 1 is 1.03 bits per heavy atom. The molecule has 1 aliphatic rings. The van der Waals surface area contributed by atoms with Gasteiger partial charge in [-0.3, -0.25) is 4.90 Å². The normalized spacial score (nSPS) is 19.4. The minimum atomic E-state index is -5.04. The van der Waals surface area contributed by atoms with E-state index in [1.165, 1.54) is 5.56 Å². The van der Waals surface area contributed by atoms with Gasteiger partial charge < -0.3 is 9.26 Å². The number of ether oxygens (including phenoxy) is 1. The van der Waals surface area contributed by atoms with Crippen molar-refractivity contribution >= 4 is 5.97 Å². The van der Waals surface area contributed by atoms with Crippen LogP contribution in [0.5, 0.6) is 0 Å². The van der Waals surface area contributed by atoms with Crippen LogP contribution in [0.3, 0.4) is 0 Å². The van der Waals surface area contributed by atoms with E-state index in [1.54, 1.807) is 11.1 Å². The van der Waals surface area contributed by atoms with Crippen LogP contribution < -0.4 is 0 Å². The van der Waals surface area contributed by atoms with Gasteiger partial charge in [-0.1, -0.05) is 65.8 Å². The summed E-state index contributed by atoms with van der Waals surface area (Å²) in [5, 5.41) is 3.95. The summed E-state index contributed by atoms with van der Waals surface area (Å²) in [6.45, 7) is 0.856. The number of likely N-dealkylation sites (tertiary alicyclic amines) is 1. The molecule has 4 rings (SSSR count). The number of alkyl halides is 3. The van der Waals surface area contributed by atoms with Crippen LogP contribution in [0.25, 0.3) is 0 Å². The van der Waals surface area contributed by atoms with E-state index >= 15 is 0 Å². The quantitative estimate of drug-likeness (QED) is 0.452. The molecule has 0 radical (unpaired) electrons. The summed E-state index contributed by atoms with van der Waals surface area (Å²) in [5.74, 6) is -1.69. The first-order valence-electron chi connectivity index (χ1n) is 10.9. The third-order valence-corrected chi connectivity index (χ3v) is 5.93. The average Bonchev–Trinajstić information content (AvgIpc) is 3.28. The van der Waals surface area contributed by atoms with Crippen molar-refractivity contribution in [1.29, 1.82) is 0 Å². The number of esters is 1. The van der Waals surface area contributed by atoms with Crippen molar-refractivity contribution < 1.29 is 27.2 Å². The summed E-state index contributed by atoms with van der Waals surface area (Å²) in [4.78, 5) is 13.4. The number of halogens is 3. The third-order valence-electron chi connectivity index (χ3n) is 5.93. The van der Waals surface area contributed by atoms with Crippen LogP contribution in [0.15, 0.2) is 71.4 Å². The van der Waals surface area contributed by atoms with Gasteiger partial charge in [-0.25, -0.2) is 4.79 Å². The lowest BCUT2D eigenvalue weighted by Crippen LogP contribution is -2.46. The van der Waals surface area contributed by atoms with Crippen LogP contribution in [0.4, 0.5) is 13.2 Å². The van der Waals surface area contributed by atoms with E-state index in [2.05, 4.69) is 5.16 Å². The minimum Gasteiger partial charge on any atom is -0.440 e. The molecule has 0 spiro atoms. The first kappa shape index (κ1) is 23.0. The topological polar surface area (TPSA) is 55.6 Å². The van der Waals surface area contributed by atoms with Crippen LogP contribution in [0, 0.1) is 0 Å². The van der Waals surface area contributed by atoms with Gasteiger partial charge in [-0.15, -0.1) is 0 Å². The van der Waals surface area contributed by atoms with Gasteiger partial charge in [0.05, 0.1) is 6.20 Å². The number of hydrogen-bond acceptors (Lipinski definition) is 5. The van der Waals surface area contributed by atoms with Crippen LogP contribution in [-0.4, -0.2) is 35.0 Å². The van der Waals surface area contributed by atoms with Crippen LogP contribution in [-0.2, 0) is 28.9 Å². The van der Waals surface area contributed by atoms with Gasteiger partial charge in [0.2, 0.25) is 0 Å². The van der Waals surface area contributed by atoms with Gasteiger partial charge in [-0.2, -0.15) is 13.2 Å². The smallest absolute Gasteiger partial charge is 0.440 e. The second kappa shape index (κ2) is 10.2. The zero-order chi connectivity index (χ0) is 23.3. The molecule has 1 aliphatic heterocycles. The Balaban J connectivity index is 1.48. The number of benzene rings is 2. The third kappa shape index (κ3) is 6.01. The van der Waals surface area contributed by atoms with Gasteiger partial charge >= 0.3 is 12.1 Å². The molecule has 2 aromatic carbocycles. The Labute approximate surface area is 190 Å². The summed E-state index contributed by atoms with van der Waals surface area (Å²) in [6, 6.07) is 19.4. The Hall–Kier alpha value is -3.13. The average molecular weight is 458 g/mol. The van der Waals surface area contributed by atoms with Crippen molar-refractivity contribution in [3.63, 3.8) is 0 Å². The SMILES string of the molecule is O=C(OC1CC(c2oncc2CCc2ccccc2)CCN1Cc1ccccc1)C(F)(F)F. The summed E-state index contributed by atoms with van der Waals surface area (Å²) in [5.41, 5.74) is 3.05. The van der Waals surface area contributed by atoms with Gasteiger partial charge in [0.25, 0.3) is 0 Å². The molecule has 0 saturated carbocycles. The minimum absolute atomic E-state index is 0.184. The zero-order valence-corrected chi connectivity index (χ0v) is 18.0. The summed E-state index contributed by atoms with van der Waals surface area (Å²) < 4.78 is 49.3. The second-order valence-corrected chi connectivity index (χ2v) is 8.24. The van der Waals surface area contributed by atoms with Crippen molar-refractivity contribution in [2.75, 3.05) is 6.54 Å². The number of nitrogens with zero attached hydrogens (tertiary/aromatic N) is 2. The van der Waals surface area contributed by atoms with E-state index in [9.17, 15) is 18.0 Å². The van der Waals surface area contributed by atoms with Crippen LogP contribution in [0.2, 0.25) is 0 Å². The highest BCUT2D eigenvalue weighted by Crippen LogP contribution is 2.36. The van der Waals surface area contributed by atoms with E-state index in [0.717, 1.165) is 17.5 Å². The zero-order valence-electron chi connectivity index (χ0n) is 18.0. The molecule has 0 aliphatic carbocycles. The lowest BCUT2D eigenvalue weighted by atomic mass is 9.89. The Kier molecular flexibility index (Phi) is 7.13. The maximum atomic E-state index is 12.9. The first-order valence-corrected chi connectivity index (χ1v) is 10.9. The number of rotatable bonds is 7. The van der Waals surface area contributed by atoms with E-state index in [4.69, 9.17) is 9.26 Å². The molecule has 2 heterocycles. The van der Waals surface area contributed by atoms with E-state index in [1.807, 2.05) is 60.7 Å². The van der Waals surface area contributed by atoms with Gasteiger partial charge in [-0.05, 0) is 30.4 Å². The Morgan fingerprint density at radius 2 is 1.70 bits per heavy atom. The molecular formula is C25H25F3N2O3. The molecule has 5 nitrogen and oxygen atoms in total. The fourth-order valence-corrected chi connectivity index (χ4v) is 4.24. The molecule has 1 fully saturated rings. The maximum Gasteiger partial charge on any atom is 0.490 e. The standard InChI is InChI=1S/C25H25F3N2O3/c26-25(27,28)24(31)32-22-15-20(13-14-30(22)17-19-9-5-2-6-10-19)23-21(16-29-33-23)12-11-18-7-3-1-4-8-18/h1-10,16,20,22H,11-15,17H2. The fourth-order valence-electron chi connectivity index (χ4n) is 4.24. The number of carbonyl (C=O) groups is 1. The number of aryl methyl sites for hydroxylation is 2. The first-order chi connectivity index (χ1) is 15.9. The molecule has 0 N–H and O–H groups in total. The molecule has 2 unspecified atom stereocenters. The largest absolute Gasteiger partial charge is 0.490 e. The lowest BCUT2D eigenvalue weighted by molar-refractivity contribution is -0.216. The molecule has 0 bridgehead atoms. The summed E-state index contributed by atoms with van der Waals surface area (Å²) in [6.07, 6.45) is -1.99. The van der Waals surface area contributed by atoms with Gasteiger partial charge in [0.15, 0.2) is 6.23 Å². The van der Waals surface area contributed by atoms with Crippen LogP contribution >= 0.6 is 0 Å². The fraction of sp³-hybridized carbons (Fsp3) is 0.360. The number of carbonyl (C=O) groups excluding carboxylic acids is 1. The monoisotopic (exact) mass is 458 g/mol. The molecule has 1 aromatic heterocycles. The maximum absolute atomic E-state index is 12.9. The highest BCUT2D eigenvalue weighted by Gasteiger charge is 2.44. The molecule has 3 aromatic rings. The van der Waals surface area contributed by atoms with Crippen molar-refractivity contribution in [3.8, 4) is 0 Å². The van der Waals surface area contributed by atoms with Gasteiger partial charge in [0, 0.05) is 31.0 Å². The molecule has 174 valence electrons. The number of hydrogen-bond donors (Lipinski definition) is 0. The molecule has 0 amide bonds. The van der Waals surface area contributed by atoms with E-state index in [-0.39, 0.29) is 12.3 Å². The van der Waals surface area contributed by atoms with Gasteiger partial charge in [0.1, 0.15) is 5.76 Å². The van der Waals surface area contributed by atoms with Crippen molar-refractivity contribution in [2.45, 2.75) is 50.6 Å². The Bertz CT molecular complexity index is 1040. The summed E-state index contributed by atoms with van der Waals surface area (Å²) >= 11 is 0. The number of aromatic nitrogens is 1. The molecular weight excluding hydrogens is 433 g/mol. The predicted molar refractivity (Wildman–Crippen MR) is 115 cm³/mol. The highest BCUT2D eigenvalue weighted by atomic mass is 19.4. The van der Waals surface area contributed by atoms with Crippen LogP contribution in [0.1, 0.15) is 41.2 Å². The van der Waals surface area contributed by atoms with Crippen molar-refractivity contribution in [3.05, 3.63) is 89.3 Å². The van der Waals surface area contributed by atoms with E-state index in [0.29, 0.717) is 31.7 Å². The lowest BCUT2D eigenvalue weighted by Gasteiger charge is -2.38. The summed E-state index contributed by atoms with van der Waals surface area (Å²) in [7, 11) is 0. The predicted octanol–water partition coefficient (Wildman–Crippen LogP) is 5.27. The second-order valence-electron chi connectivity index (χ2n) is 8.24. The molecule has 1 saturated heterocycles. The molecule has 33 heavy (non-hydrogen) atoms. The highest BCUT2D eigenvalue weighted by molar-refractivity contribution is 5.75. The Morgan fingerprint density at radius 3 is 2.36 bits per heavy atom. The molecule has 2 atom stereocenters. The molecule has 8 heteroatoms. The van der Waals surface area contributed by atoms with Crippen molar-refractivity contribution in [2.24, 2.45) is 0 Å².